The fraction of sp³-hybridized carbons (Fsp3) is 0.286. The van der Waals surface area contributed by atoms with Crippen molar-refractivity contribution in [2.75, 3.05) is 10.6 Å². The van der Waals surface area contributed by atoms with Gasteiger partial charge in [0.05, 0.1) is 0 Å². The number of rotatable bonds is 10. The maximum absolute atomic E-state index is 12.7. The van der Waals surface area contributed by atoms with Crippen LogP contribution in [0.1, 0.15) is 37.8 Å². The van der Waals surface area contributed by atoms with Gasteiger partial charge in [-0.3, -0.25) is 9.59 Å². The molecule has 3 rings (SSSR count). The van der Waals surface area contributed by atoms with Crippen LogP contribution in [0.2, 0.25) is 0 Å². The summed E-state index contributed by atoms with van der Waals surface area (Å²) >= 11 is 0. The van der Waals surface area contributed by atoms with Gasteiger partial charge in [-0.1, -0.05) is 49.2 Å². The fourth-order valence-corrected chi connectivity index (χ4v) is 3.29. The molecular weight excluding hydrogens is 428 g/mol. The van der Waals surface area contributed by atoms with Crippen molar-refractivity contribution in [3.63, 3.8) is 0 Å². The summed E-state index contributed by atoms with van der Waals surface area (Å²) in [5.74, 6) is 0.864. The molecule has 6 heteroatoms. The molecule has 0 radical (unpaired) electrons. The van der Waals surface area contributed by atoms with Gasteiger partial charge >= 0.3 is 0 Å². The lowest BCUT2D eigenvalue weighted by molar-refractivity contribution is -0.123. The number of carbonyl (C=O) groups is 2. The quantitative estimate of drug-likeness (QED) is 0.395. The normalized spacial score (nSPS) is 12.4. The lowest BCUT2D eigenvalue weighted by Gasteiger charge is -2.18. The maximum atomic E-state index is 12.7. The molecule has 0 heterocycles. The molecule has 0 aliphatic heterocycles. The summed E-state index contributed by atoms with van der Waals surface area (Å²) in [5.41, 5.74) is 3.50. The second-order valence-electron chi connectivity index (χ2n) is 8.21. The van der Waals surface area contributed by atoms with Crippen molar-refractivity contribution in [1.82, 2.24) is 0 Å². The molecule has 0 unspecified atom stereocenters. The molecule has 2 N–H and O–H groups in total. The molecule has 34 heavy (non-hydrogen) atoms. The minimum atomic E-state index is -0.605. The maximum Gasteiger partial charge on any atom is 0.265 e. The number of nitrogens with one attached hydrogen (secondary N) is 2. The molecule has 0 aromatic heterocycles. The molecule has 0 spiro atoms. The summed E-state index contributed by atoms with van der Waals surface area (Å²) < 4.78 is 11.7. The second kappa shape index (κ2) is 11.9. The molecule has 0 saturated carbocycles. The van der Waals surface area contributed by atoms with Crippen molar-refractivity contribution < 1.29 is 19.1 Å². The van der Waals surface area contributed by atoms with Crippen LogP contribution in [-0.4, -0.2) is 24.0 Å². The van der Waals surface area contributed by atoms with Gasteiger partial charge in [-0.05, 0) is 75.2 Å². The van der Waals surface area contributed by atoms with Crippen LogP contribution in [0.5, 0.6) is 11.5 Å². The van der Waals surface area contributed by atoms with Gasteiger partial charge in [0.2, 0.25) is 0 Å². The van der Waals surface area contributed by atoms with Crippen LogP contribution in [0, 0.1) is 13.8 Å². The number of hydrogen-bond acceptors (Lipinski definition) is 4. The predicted molar refractivity (Wildman–Crippen MR) is 135 cm³/mol. The molecule has 0 aliphatic rings. The third-order valence-electron chi connectivity index (χ3n) is 5.35. The van der Waals surface area contributed by atoms with Gasteiger partial charge in [-0.2, -0.15) is 0 Å². The number of benzene rings is 3. The SMILES string of the molecule is CC[C@@H](Oc1ccc(C)cc1)C(=O)Nc1ccc(NC(=O)[C@@H](CC)Oc2ccc(C)cc2)cc1. The van der Waals surface area contributed by atoms with E-state index in [-0.39, 0.29) is 11.8 Å². The van der Waals surface area contributed by atoms with Crippen LogP contribution in [-0.2, 0) is 9.59 Å². The lowest BCUT2D eigenvalue weighted by Crippen LogP contribution is -2.32. The Morgan fingerprint density at radius 3 is 1.24 bits per heavy atom. The predicted octanol–water partition coefficient (Wildman–Crippen LogP) is 5.90. The van der Waals surface area contributed by atoms with Gasteiger partial charge < -0.3 is 20.1 Å². The first-order valence-electron chi connectivity index (χ1n) is 11.6. The number of hydrogen-bond donors (Lipinski definition) is 2. The molecule has 0 aliphatic carbocycles. The van der Waals surface area contributed by atoms with Crippen LogP contribution >= 0.6 is 0 Å². The van der Waals surface area contributed by atoms with Crippen LogP contribution in [0.15, 0.2) is 72.8 Å². The zero-order valence-corrected chi connectivity index (χ0v) is 20.1. The van der Waals surface area contributed by atoms with E-state index in [9.17, 15) is 9.59 Å². The highest BCUT2D eigenvalue weighted by atomic mass is 16.5. The van der Waals surface area contributed by atoms with E-state index in [1.54, 1.807) is 24.3 Å². The van der Waals surface area contributed by atoms with E-state index in [0.717, 1.165) is 11.1 Å². The summed E-state index contributed by atoms with van der Waals surface area (Å²) in [4.78, 5) is 25.4. The number of aryl methyl sites for hydroxylation is 2. The minimum Gasteiger partial charge on any atom is -0.481 e. The fourth-order valence-electron chi connectivity index (χ4n) is 3.29. The number of carbonyl (C=O) groups excluding carboxylic acids is 2. The molecule has 178 valence electrons. The largest absolute Gasteiger partial charge is 0.481 e. The summed E-state index contributed by atoms with van der Waals surface area (Å²) in [6, 6.07) is 22.2. The van der Waals surface area contributed by atoms with Crippen molar-refractivity contribution in [3.05, 3.63) is 83.9 Å². The molecule has 3 aromatic rings. The van der Waals surface area contributed by atoms with Crippen molar-refractivity contribution in [2.24, 2.45) is 0 Å². The topological polar surface area (TPSA) is 76.7 Å². The van der Waals surface area contributed by atoms with Crippen molar-refractivity contribution in [3.8, 4) is 11.5 Å². The Hall–Kier alpha value is -3.80. The average Bonchev–Trinajstić information content (AvgIpc) is 2.84. The third-order valence-corrected chi connectivity index (χ3v) is 5.35. The summed E-state index contributed by atoms with van der Waals surface area (Å²) in [6.07, 6.45) is -0.141. The van der Waals surface area contributed by atoms with E-state index >= 15 is 0 Å². The molecular formula is C28H32N2O4. The van der Waals surface area contributed by atoms with E-state index < -0.39 is 12.2 Å². The lowest BCUT2D eigenvalue weighted by atomic mass is 10.2. The van der Waals surface area contributed by atoms with Crippen molar-refractivity contribution >= 4 is 23.2 Å². The Labute approximate surface area is 201 Å². The van der Waals surface area contributed by atoms with Gasteiger partial charge in [-0.15, -0.1) is 0 Å². The Morgan fingerprint density at radius 2 is 0.941 bits per heavy atom. The van der Waals surface area contributed by atoms with Gasteiger partial charge in [0.25, 0.3) is 11.8 Å². The number of anilines is 2. The Bertz CT molecular complexity index is 988. The van der Waals surface area contributed by atoms with Crippen LogP contribution in [0.4, 0.5) is 11.4 Å². The van der Waals surface area contributed by atoms with E-state index in [2.05, 4.69) is 10.6 Å². The van der Waals surface area contributed by atoms with E-state index in [1.807, 2.05) is 76.2 Å². The van der Waals surface area contributed by atoms with E-state index in [4.69, 9.17) is 9.47 Å². The second-order valence-corrected chi connectivity index (χ2v) is 8.21. The van der Waals surface area contributed by atoms with Gasteiger partial charge in [0.1, 0.15) is 11.5 Å². The Kier molecular flexibility index (Phi) is 8.68. The molecule has 3 aromatic carbocycles. The van der Waals surface area contributed by atoms with Crippen LogP contribution in [0.3, 0.4) is 0 Å². The van der Waals surface area contributed by atoms with Gasteiger partial charge in [-0.25, -0.2) is 0 Å². The van der Waals surface area contributed by atoms with Crippen molar-refractivity contribution in [2.45, 2.75) is 52.7 Å². The zero-order chi connectivity index (χ0) is 24.5. The van der Waals surface area contributed by atoms with Gasteiger partial charge in [0, 0.05) is 11.4 Å². The highest BCUT2D eigenvalue weighted by Crippen LogP contribution is 2.19. The standard InChI is InChI=1S/C28H32N2O4/c1-5-25(33-23-15-7-19(3)8-16-23)27(31)29-21-11-13-22(14-12-21)30-28(32)26(6-2)34-24-17-9-20(4)10-18-24/h7-18,25-26H,5-6H2,1-4H3,(H,29,31)(H,30,32)/t25-,26-/m1/s1. The number of ether oxygens (including phenoxy) is 2. The van der Waals surface area contributed by atoms with Gasteiger partial charge in [0.15, 0.2) is 12.2 Å². The number of amides is 2. The zero-order valence-electron chi connectivity index (χ0n) is 20.1. The smallest absolute Gasteiger partial charge is 0.265 e. The van der Waals surface area contributed by atoms with Crippen molar-refractivity contribution in [1.29, 1.82) is 0 Å². The first kappa shape index (κ1) is 24.8. The molecule has 0 fully saturated rings. The molecule has 6 nitrogen and oxygen atoms in total. The summed E-state index contributed by atoms with van der Waals surface area (Å²) in [7, 11) is 0. The monoisotopic (exact) mass is 460 g/mol. The highest BCUT2D eigenvalue weighted by molar-refractivity contribution is 5.96. The molecule has 0 bridgehead atoms. The first-order valence-corrected chi connectivity index (χ1v) is 11.6. The Balaban J connectivity index is 1.55. The first-order chi connectivity index (χ1) is 16.4. The summed E-state index contributed by atoms with van der Waals surface area (Å²) in [5, 5.41) is 5.75. The van der Waals surface area contributed by atoms with E-state index in [1.165, 1.54) is 0 Å². The summed E-state index contributed by atoms with van der Waals surface area (Å²) in [6.45, 7) is 7.80. The minimum absolute atomic E-state index is 0.225. The molecule has 2 atom stereocenters. The molecule has 2 amide bonds. The van der Waals surface area contributed by atoms with Crippen LogP contribution in [0.25, 0.3) is 0 Å². The third kappa shape index (κ3) is 7.10. The average molecular weight is 461 g/mol. The Morgan fingerprint density at radius 1 is 0.618 bits per heavy atom. The van der Waals surface area contributed by atoms with Crippen LogP contribution < -0.4 is 20.1 Å². The molecule has 0 saturated heterocycles. The van der Waals surface area contributed by atoms with E-state index in [0.29, 0.717) is 35.7 Å². The highest BCUT2D eigenvalue weighted by Gasteiger charge is 2.20.